The fraction of sp³-hybridized carbons (Fsp3) is 0.929. The average molecular weight is 270 g/mol. The zero-order valence-electron chi connectivity index (χ0n) is 12.7. The molecular formula is C14H30N4O. The number of hydrogen-bond acceptors (Lipinski definition) is 4. The average Bonchev–Trinajstić information content (AvgIpc) is 2.46. The molecule has 2 atom stereocenters. The lowest BCUT2D eigenvalue weighted by molar-refractivity contribution is -0.126. The van der Waals surface area contributed by atoms with E-state index in [4.69, 9.17) is 5.73 Å². The molecular weight excluding hydrogens is 240 g/mol. The van der Waals surface area contributed by atoms with Crippen molar-refractivity contribution in [2.24, 2.45) is 5.73 Å². The van der Waals surface area contributed by atoms with Gasteiger partial charge < -0.3 is 11.1 Å². The quantitative estimate of drug-likeness (QED) is 0.696. The summed E-state index contributed by atoms with van der Waals surface area (Å²) >= 11 is 0. The van der Waals surface area contributed by atoms with Gasteiger partial charge in [-0.25, -0.2) is 0 Å². The van der Waals surface area contributed by atoms with Crippen LogP contribution in [0, 0.1) is 0 Å². The Balaban J connectivity index is 2.38. The number of piperazine rings is 1. The van der Waals surface area contributed by atoms with Crippen molar-refractivity contribution >= 4 is 5.91 Å². The van der Waals surface area contributed by atoms with Crippen molar-refractivity contribution < 1.29 is 4.79 Å². The minimum atomic E-state index is -0.0216. The fourth-order valence-corrected chi connectivity index (χ4v) is 2.63. The SMILES string of the molecule is CCCNC(=O)C(C)N1CCN(C(CC)CN)CC1. The van der Waals surface area contributed by atoms with Crippen LogP contribution >= 0.6 is 0 Å². The van der Waals surface area contributed by atoms with E-state index in [9.17, 15) is 4.79 Å². The molecule has 1 amide bonds. The molecule has 1 saturated heterocycles. The lowest BCUT2D eigenvalue weighted by Gasteiger charge is -2.40. The van der Waals surface area contributed by atoms with E-state index in [1.54, 1.807) is 0 Å². The molecule has 112 valence electrons. The summed E-state index contributed by atoms with van der Waals surface area (Å²) < 4.78 is 0. The second kappa shape index (κ2) is 8.51. The molecule has 0 aliphatic carbocycles. The van der Waals surface area contributed by atoms with Gasteiger partial charge in [0.2, 0.25) is 5.91 Å². The van der Waals surface area contributed by atoms with E-state index in [0.29, 0.717) is 6.04 Å². The molecule has 1 aliphatic heterocycles. The van der Waals surface area contributed by atoms with Gasteiger partial charge in [-0.05, 0) is 19.8 Å². The van der Waals surface area contributed by atoms with E-state index in [1.807, 2.05) is 6.92 Å². The van der Waals surface area contributed by atoms with Crippen molar-refractivity contribution in [2.45, 2.75) is 45.7 Å². The molecule has 0 bridgehead atoms. The maximum Gasteiger partial charge on any atom is 0.237 e. The van der Waals surface area contributed by atoms with Crippen LogP contribution in [0.1, 0.15) is 33.6 Å². The summed E-state index contributed by atoms with van der Waals surface area (Å²) in [6, 6.07) is 0.470. The molecule has 0 aromatic carbocycles. The summed E-state index contributed by atoms with van der Waals surface area (Å²) in [5.74, 6) is 0.154. The van der Waals surface area contributed by atoms with Crippen LogP contribution in [0.25, 0.3) is 0 Å². The van der Waals surface area contributed by atoms with Crippen LogP contribution in [0.5, 0.6) is 0 Å². The third-order valence-corrected chi connectivity index (χ3v) is 4.08. The second-order valence-electron chi connectivity index (χ2n) is 5.34. The molecule has 0 aromatic rings. The summed E-state index contributed by atoms with van der Waals surface area (Å²) in [6.07, 6.45) is 2.09. The molecule has 1 fully saturated rings. The Kier molecular flexibility index (Phi) is 7.34. The third-order valence-electron chi connectivity index (χ3n) is 4.08. The number of nitrogens with zero attached hydrogens (tertiary/aromatic N) is 2. The summed E-state index contributed by atoms with van der Waals surface area (Å²) in [6.45, 7) is 11.7. The molecule has 5 heteroatoms. The highest BCUT2D eigenvalue weighted by Gasteiger charge is 2.27. The first-order valence-electron chi connectivity index (χ1n) is 7.59. The number of hydrogen-bond donors (Lipinski definition) is 2. The van der Waals surface area contributed by atoms with Crippen molar-refractivity contribution in [1.29, 1.82) is 0 Å². The highest BCUT2D eigenvalue weighted by molar-refractivity contribution is 5.81. The zero-order chi connectivity index (χ0) is 14.3. The normalized spacial score (nSPS) is 21.1. The molecule has 1 heterocycles. The molecule has 0 radical (unpaired) electrons. The Morgan fingerprint density at radius 3 is 2.26 bits per heavy atom. The predicted octanol–water partition coefficient (Wildman–Crippen LogP) is 0.256. The maximum absolute atomic E-state index is 11.9. The van der Waals surface area contributed by atoms with E-state index < -0.39 is 0 Å². The van der Waals surface area contributed by atoms with Crippen molar-refractivity contribution in [1.82, 2.24) is 15.1 Å². The summed E-state index contributed by atoms with van der Waals surface area (Å²) in [5, 5.41) is 2.97. The van der Waals surface area contributed by atoms with Gasteiger partial charge in [0.15, 0.2) is 0 Å². The lowest BCUT2D eigenvalue weighted by atomic mass is 10.1. The predicted molar refractivity (Wildman–Crippen MR) is 79.0 cm³/mol. The Morgan fingerprint density at radius 2 is 1.79 bits per heavy atom. The second-order valence-corrected chi connectivity index (χ2v) is 5.34. The minimum absolute atomic E-state index is 0.0216. The molecule has 5 nitrogen and oxygen atoms in total. The van der Waals surface area contributed by atoms with Gasteiger partial charge in [0, 0.05) is 45.3 Å². The molecule has 1 aliphatic rings. The van der Waals surface area contributed by atoms with Crippen LogP contribution in [0.3, 0.4) is 0 Å². The van der Waals surface area contributed by atoms with Gasteiger partial charge in [-0.15, -0.1) is 0 Å². The summed E-state index contributed by atoms with van der Waals surface area (Å²) in [7, 11) is 0. The number of nitrogens with two attached hydrogens (primary N) is 1. The Morgan fingerprint density at radius 1 is 1.21 bits per heavy atom. The van der Waals surface area contributed by atoms with Crippen LogP contribution in [0.4, 0.5) is 0 Å². The van der Waals surface area contributed by atoms with Gasteiger partial charge in [-0.2, -0.15) is 0 Å². The first kappa shape index (κ1) is 16.4. The first-order valence-corrected chi connectivity index (χ1v) is 7.59. The van der Waals surface area contributed by atoms with E-state index in [0.717, 1.165) is 52.1 Å². The van der Waals surface area contributed by atoms with Crippen LogP contribution in [0.15, 0.2) is 0 Å². The van der Waals surface area contributed by atoms with E-state index >= 15 is 0 Å². The summed E-state index contributed by atoms with van der Waals surface area (Å²) in [4.78, 5) is 16.7. The van der Waals surface area contributed by atoms with Gasteiger partial charge in [0.25, 0.3) is 0 Å². The lowest BCUT2D eigenvalue weighted by Crippen LogP contribution is -2.56. The van der Waals surface area contributed by atoms with Crippen molar-refractivity contribution in [2.75, 3.05) is 39.3 Å². The number of carbonyl (C=O) groups is 1. The topological polar surface area (TPSA) is 61.6 Å². The molecule has 0 aromatic heterocycles. The molecule has 0 spiro atoms. The fourth-order valence-electron chi connectivity index (χ4n) is 2.63. The van der Waals surface area contributed by atoms with Crippen molar-refractivity contribution in [3.63, 3.8) is 0 Å². The number of nitrogens with one attached hydrogen (secondary N) is 1. The smallest absolute Gasteiger partial charge is 0.237 e. The number of carbonyl (C=O) groups excluding carboxylic acids is 1. The van der Waals surface area contributed by atoms with Gasteiger partial charge in [0.05, 0.1) is 6.04 Å². The monoisotopic (exact) mass is 270 g/mol. The van der Waals surface area contributed by atoms with Crippen molar-refractivity contribution in [3.05, 3.63) is 0 Å². The molecule has 2 unspecified atom stereocenters. The van der Waals surface area contributed by atoms with Crippen LogP contribution in [-0.2, 0) is 4.79 Å². The van der Waals surface area contributed by atoms with E-state index in [1.165, 1.54) is 0 Å². The molecule has 0 saturated carbocycles. The Labute approximate surface area is 117 Å². The highest BCUT2D eigenvalue weighted by Crippen LogP contribution is 2.11. The third kappa shape index (κ3) is 4.75. The van der Waals surface area contributed by atoms with Gasteiger partial charge >= 0.3 is 0 Å². The zero-order valence-corrected chi connectivity index (χ0v) is 12.7. The van der Waals surface area contributed by atoms with E-state index in [-0.39, 0.29) is 11.9 Å². The highest BCUT2D eigenvalue weighted by atomic mass is 16.2. The minimum Gasteiger partial charge on any atom is -0.355 e. The summed E-state index contributed by atoms with van der Waals surface area (Å²) in [5.41, 5.74) is 5.79. The van der Waals surface area contributed by atoms with Crippen LogP contribution in [-0.4, -0.2) is 67.1 Å². The largest absolute Gasteiger partial charge is 0.355 e. The standard InChI is InChI=1S/C14H30N4O/c1-4-6-16-14(19)12(3)17-7-9-18(10-8-17)13(5-2)11-15/h12-13H,4-11,15H2,1-3H3,(H,16,19). The van der Waals surface area contributed by atoms with Crippen LogP contribution in [0.2, 0.25) is 0 Å². The van der Waals surface area contributed by atoms with Gasteiger partial charge in [-0.3, -0.25) is 14.6 Å². The van der Waals surface area contributed by atoms with E-state index in [2.05, 4.69) is 29.0 Å². The van der Waals surface area contributed by atoms with Gasteiger partial charge in [0.1, 0.15) is 0 Å². The number of amides is 1. The van der Waals surface area contributed by atoms with Crippen LogP contribution < -0.4 is 11.1 Å². The molecule has 3 N–H and O–H groups in total. The maximum atomic E-state index is 11.9. The van der Waals surface area contributed by atoms with Gasteiger partial charge in [-0.1, -0.05) is 13.8 Å². The van der Waals surface area contributed by atoms with Crippen molar-refractivity contribution in [3.8, 4) is 0 Å². The Hall–Kier alpha value is -0.650. The molecule has 1 rings (SSSR count). The first-order chi connectivity index (χ1) is 9.13. The number of rotatable bonds is 7. The molecule has 19 heavy (non-hydrogen) atoms. The Bertz CT molecular complexity index is 260.